The molecule has 3 heteroatoms. The fraction of sp³-hybridized carbons (Fsp3) is 0.500. The first-order valence-electron chi connectivity index (χ1n) is 4.66. The summed E-state index contributed by atoms with van der Waals surface area (Å²) in [4.78, 5) is 4.08. The largest absolute Gasteiger partial charge is 0.504 e. The minimum absolute atomic E-state index is 0.251. The number of aliphatic hydroxyl groups is 1. The van der Waals surface area contributed by atoms with Gasteiger partial charge in [0.25, 0.3) is 0 Å². The summed E-state index contributed by atoms with van der Waals surface area (Å²) in [6.45, 7) is 4.87. The minimum Gasteiger partial charge on any atom is -0.504 e. The van der Waals surface area contributed by atoms with Gasteiger partial charge in [-0.1, -0.05) is 13.3 Å². The van der Waals surface area contributed by atoms with Crippen LogP contribution < -0.4 is 0 Å². The van der Waals surface area contributed by atoms with Crippen molar-refractivity contribution in [2.24, 2.45) is 0 Å². The van der Waals surface area contributed by atoms with E-state index < -0.39 is 0 Å². The zero-order chi connectivity index (χ0) is 9.68. The first-order valence-corrected chi connectivity index (χ1v) is 4.66. The number of aliphatic hydroxyl groups excluding tert-OH is 1. The third-order valence-electron chi connectivity index (χ3n) is 1.97. The second-order valence-electron chi connectivity index (χ2n) is 2.97. The van der Waals surface area contributed by atoms with Gasteiger partial charge in [-0.15, -0.1) is 0 Å². The second kappa shape index (κ2) is 4.70. The first-order chi connectivity index (χ1) is 6.29. The van der Waals surface area contributed by atoms with Gasteiger partial charge in [0.15, 0.2) is 11.6 Å². The number of aromatic nitrogens is 2. The smallest absolute Gasteiger partial charge is 0.174 e. The topological polar surface area (TPSA) is 38.1 Å². The predicted molar refractivity (Wildman–Crippen MR) is 53.4 cm³/mol. The Hall–Kier alpha value is -1.25. The molecule has 1 N–H and O–H groups in total. The molecule has 0 spiro atoms. The summed E-state index contributed by atoms with van der Waals surface area (Å²) in [7, 11) is 0. The van der Waals surface area contributed by atoms with Gasteiger partial charge in [0.2, 0.25) is 0 Å². The molecule has 0 radical (unpaired) electrons. The summed E-state index contributed by atoms with van der Waals surface area (Å²) in [6.07, 6.45) is 7.52. The van der Waals surface area contributed by atoms with Gasteiger partial charge in [-0.3, -0.25) is 0 Å². The van der Waals surface area contributed by atoms with Gasteiger partial charge >= 0.3 is 0 Å². The van der Waals surface area contributed by atoms with Crippen LogP contribution in [-0.4, -0.2) is 14.7 Å². The van der Waals surface area contributed by atoms with Crippen molar-refractivity contribution in [3.05, 3.63) is 24.3 Å². The van der Waals surface area contributed by atoms with Gasteiger partial charge in [-0.25, -0.2) is 4.98 Å². The van der Waals surface area contributed by atoms with Crippen molar-refractivity contribution in [3.8, 4) is 0 Å². The first kappa shape index (κ1) is 9.84. The SMILES string of the molecule is C/C=C(/O)c1nccn1CCCC. The van der Waals surface area contributed by atoms with E-state index in [1.807, 2.05) is 10.8 Å². The number of hydrogen-bond donors (Lipinski definition) is 1. The van der Waals surface area contributed by atoms with E-state index in [0.29, 0.717) is 5.82 Å². The Morgan fingerprint density at radius 1 is 1.69 bits per heavy atom. The number of nitrogens with zero attached hydrogens (tertiary/aromatic N) is 2. The van der Waals surface area contributed by atoms with Crippen molar-refractivity contribution >= 4 is 5.76 Å². The summed E-state index contributed by atoms with van der Waals surface area (Å²) < 4.78 is 1.97. The molecule has 3 nitrogen and oxygen atoms in total. The lowest BCUT2D eigenvalue weighted by Crippen LogP contribution is -2.02. The molecule has 1 aromatic heterocycles. The maximum Gasteiger partial charge on any atom is 0.174 e. The van der Waals surface area contributed by atoms with Crippen LogP contribution in [0, 0.1) is 0 Å². The van der Waals surface area contributed by atoms with E-state index >= 15 is 0 Å². The molecule has 0 aliphatic rings. The molecule has 0 amide bonds. The molecule has 72 valence electrons. The second-order valence-corrected chi connectivity index (χ2v) is 2.97. The molecule has 0 aromatic carbocycles. The van der Waals surface area contributed by atoms with Crippen LogP contribution in [0.15, 0.2) is 18.5 Å². The fourth-order valence-corrected chi connectivity index (χ4v) is 1.18. The minimum atomic E-state index is 0.251. The molecule has 0 saturated carbocycles. The van der Waals surface area contributed by atoms with Crippen LogP contribution in [0.4, 0.5) is 0 Å². The van der Waals surface area contributed by atoms with E-state index in [-0.39, 0.29) is 5.76 Å². The lowest BCUT2D eigenvalue weighted by molar-refractivity contribution is 0.492. The van der Waals surface area contributed by atoms with Crippen molar-refractivity contribution in [3.63, 3.8) is 0 Å². The van der Waals surface area contributed by atoms with Gasteiger partial charge in [0.05, 0.1) is 0 Å². The highest BCUT2D eigenvalue weighted by Gasteiger charge is 2.04. The zero-order valence-electron chi connectivity index (χ0n) is 8.20. The standard InChI is InChI=1S/C10H16N2O/c1-3-5-7-12-8-6-11-10(12)9(13)4-2/h4,6,8,13H,3,5,7H2,1-2H3/b9-4+. The molecule has 1 heterocycles. The highest BCUT2D eigenvalue weighted by molar-refractivity contribution is 5.50. The average Bonchev–Trinajstić information content (AvgIpc) is 2.61. The van der Waals surface area contributed by atoms with Gasteiger partial charge in [-0.05, 0) is 19.4 Å². The van der Waals surface area contributed by atoms with E-state index in [4.69, 9.17) is 0 Å². The molecule has 0 unspecified atom stereocenters. The molecule has 1 aromatic rings. The maximum absolute atomic E-state index is 9.48. The molecule has 0 aliphatic heterocycles. The summed E-state index contributed by atoms with van der Waals surface area (Å²) in [6, 6.07) is 0. The van der Waals surface area contributed by atoms with E-state index in [1.165, 1.54) is 0 Å². The Morgan fingerprint density at radius 3 is 3.08 bits per heavy atom. The summed E-state index contributed by atoms with van der Waals surface area (Å²) in [5, 5.41) is 9.48. The van der Waals surface area contributed by atoms with Crippen LogP contribution in [0.1, 0.15) is 32.5 Å². The van der Waals surface area contributed by atoms with Gasteiger partial charge in [0.1, 0.15) is 0 Å². The molecule has 0 atom stereocenters. The molecule has 0 saturated heterocycles. The van der Waals surface area contributed by atoms with Crippen LogP contribution in [0.5, 0.6) is 0 Å². The van der Waals surface area contributed by atoms with Crippen molar-refractivity contribution in [1.29, 1.82) is 0 Å². The lowest BCUT2D eigenvalue weighted by atomic mass is 10.3. The number of aryl methyl sites for hydroxylation is 1. The summed E-state index contributed by atoms with van der Waals surface area (Å²) in [5.74, 6) is 0.914. The Labute approximate surface area is 78.7 Å². The number of unbranched alkanes of at least 4 members (excludes halogenated alkanes) is 1. The molecule has 1 rings (SSSR count). The Bertz CT molecular complexity index is 289. The lowest BCUT2D eigenvalue weighted by Gasteiger charge is -2.05. The quantitative estimate of drug-likeness (QED) is 0.723. The van der Waals surface area contributed by atoms with Crippen LogP contribution in [-0.2, 0) is 6.54 Å². The fourth-order valence-electron chi connectivity index (χ4n) is 1.18. The monoisotopic (exact) mass is 180 g/mol. The maximum atomic E-state index is 9.48. The van der Waals surface area contributed by atoms with E-state index in [9.17, 15) is 5.11 Å². The van der Waals surface area contributed by atoms with Crippen molar-refractivity contribution < 1.29 is 5.11 Å². The normalized spacial score (nSPS) is 12.0. The van der Waals surface area contributed by atoms with E-state index in [1.54, 1.807) is 19.2 Å². The third-order valence-corrected chi connectivity index (χ3v) is 1.97. The molecule has 13 heavy (non-hydrogen) atoms. The summed E-state index contributed by atoms with van der Waals surface area (Å²) in [5.41, 5.74) is 0. The highest BCUT2D eigenvalue weighted by Crippen LogP contribution is 2.09. The average molecular weight is 180 g/mol. The molecule has 0 fully saturated rings. The summed E-state index contributed by atoms with van der Waals surface area (Å²) >= 11 is 0. The Morgan fingerprint density at radius 2 is 2.46 bits per heavy atom. The van der Waals surface area contributed by atoms with Gasteiger partial charge in [-0.2, -0.15) is 0 Å². The Kier molecular flexibility index (Phi) is 3.55. The van der Waals surface area contributed by atoms with E-state index in [2.05, 4.69) is 11.9 Å². The third kappa shape index (κ3) is 2.34. The Balaban J connectivity index is 2.77. The number of rotatable bonds is 4. The highest BCUT2D eigenvalue weighted by atomic mass is 16.3. The predicted octanol–water partition coefficient (Wildman–Crippen LogP) is 2.60. The van der Waals surface area contributed by atoms with Crippen LogP contribution in [0.3, 0.4) is 0 Å². The van der Waals surface area contributed by atoms with Gasteiger partial charge < -0.3 is 9.67 Å². The van der Waals surface area contributed by atoms with Crippen molar-refractivity contribution in [2.45, 2.75) is 33.2 Å². The van der Waals surface area contributed by atoms with Crippen LogP contribution >= 0.6 is 0 Å². The zero-order valence-corrected chi connectivity index (χ0v) is 8.20. The van der Waals surface area contributed by atoms with Crippen LogP contribution in [0.25, 0.3) is 5.76 Å². The van der Waals surface area contributed by atoms with E-state index in [0.717, 1.165) is 19.4 Å². The van der Waals surface area contributed by atoms with Crippen molar-refractivity contribution in [1.82, 2.24) is 9.55 Å². The molecule has 0 bridgehead atoms. The number of allylic oxidation sites excluding steroid dienone is 1. The van der Waals surface area contributed by atoms with Crippen LogP contribution in [0.2, 0.25) is 0 Å². The number of hydrogen-bond acceptors (Lipinski definition) is 2. The molecular formula is C10H16N2O. The number of imidazole rings is 1. The molecular weight excluding hydrogens is 164 g/mol. The molecule has 0 aliphatic carbocycles. The van der Waals surface area contributed by atoms with Gasteiger partial charge in [0, 0.05) is 18.9 Å². The van der Waals surface area contributed by atoms with Crippen molar-refractivity contribution in [2.75, 3.05) is 0 Å².